The third-order valence-electron chi connectivity index (χ3n) is 8.41. The number of hydrogen-bond donors (Lipinski definition) is 1. The lowest BCUT2D eigenvalue weighted by Crippen LogP contribution is -2.42. The average molecular weight is 594 g/mol. The van der Waals surface area contributed by atoms with E-state index in [0.717, 1.165) is 0 Å². The van der Waals surface area contributed by atoms with E-state index in [0.29, 0.717) is 24.4 Å². The van der Waals surface area contributed by atoms with Crippen molar-refractivity contribution >= 4 is 21.7 Å². The molecular formula is C26H30F3N7O4S. The Balaban J connectivity index is 1.40. The summed E-state index contributed by atoms with van der Waals surface area (Å²) < 4.78 is 77.4. The van der Waals surface area contributed by atoms with E-state index in [-0.39, 0.29) is 40.8 Å². The van der Waals surface area contributed by atoms with E-state index >= 15 is 0 Å². The van der Waals surface area contributed by atoms with Gasteiger partial charge in [-0.1, -0.05) is 6.92 Å². The third-order valence-corrected chi connectivity index (χ3v) is 9.89. The van der Waals surface area contributed by atoms with E-state index in [1.54, 1.807) is 18.7 Å². The van der Waals surface area contributed by atoms with Gasteiger partial charge in [0.05, 0.1) is 17.0 Å². The number of alkyl halides is 3. The van der Waals surface area contributed by atoms with E-state index in [1.807, 2.05) is 25.7 Å². The first-order chi connectivity index (χ1) is 19.0. The molecule has 15 heteroatoms. The lowest BCUT2D eigenvalue weighted by molar-refractivity contribution is -0.194. The van der Waals surface area contributed by atoms with Crippen LogP contribution in [-0.2, 0) is 22.5 Å². The summed E-state index contributed by atoms with van der Waals surface area (Å²) in [5.41, 5.74) is -2.18. The van der Waals surface area contributed by atoms with Crippen LogP contribution in [0.3, 0.4) is 0 Å². The Kier molecular flexibility index (Phi) is 5.68. The lowest BCUT2D eigenvalue weighted by atomic mass is 9.80. The van der Waals surface area contributed by atoms with E-state index in [4.69, 9.17) is 9.72 Å². The van der Waals surface area contributed by atoms with Gasteiger partial charge in [0.2, 0.25) is 5.88 Å². The van der Waals surface area contributed by atoms with Gasteiger partial charge in [0.1, 0.15) is 22.7 Å². The fourth-order valence-corrected chi connectivity index (χ4v) is 7.89. The Morgan fingerprint density at radius 2 is 1.83 bits per heavy atom. The summed E-state index contributed by atoms with van der Waals surface area (Å²) in [6.07, 6.45) is -2.25. The van der Waals surface area contributed by atoms with Gasteiger partial charge in [0, 0.05) is 36.8 Å². The maximum atomic E-state index is 13.5. The zero-order valence-electron chi connectivity index (χ0n) is 23.2. The summed E-state index contributed by atoms with van der Waals surface area (Å²) in [6, 6.07) is 4.41. The van der Waals surface area contributed by atoms with Crippen LogP contribution in [-0.4, -0.2) is 63.7 Å². The van der Waals surface area contributed by atoms with Crippen molar-refractivity contribution < 1.29 is 31.1 Å². The van der Waals surface area contributed by atoms with Gasteiger partial charge in [-0.05, 0) is 52.2 Å². The first kappa shape index (κ1) is 27.5. The van der Waals surface area contributed by atoms with Crippen LogP contribution in [0.5, 0.6) is 5.88 Å². The van der Waals surface area contributed by atoms with Crippen molar-refractivity contribution in [2.24, 2.45) is 12.5 Å². The van der Waals surface area contributed by atoms with Crippen LogP contribution in [0.25, 0.3) is 5.82 Å². The topological polar surface area (TPSA) is 124 Å². The molecule has 0 radical (unpaired) electrons. The molecule has 1 saturated heterocycles. The highest BCUT2D eigenvalue weighted by molar-refractivity contribution is 7.90. The first-order valence-electron chi connectivity index (χ1n) is 13.1. The summed E-state index contributed by atoms with van der Waals surface area (Å²) in [4.78, 5) is 20.2. The number of carbonyl (C=O) groups excluding carboxylic acids is 1. The van der Waals surface area contributed by atoms with Crippen molar-refractivity contribution in [1.82, 2.24) is 29.3 Å². The van der Waals surface area contributed by atoms with Crippen LogP contribution in [0.2, 0.25) is 0 Å². The quantitative estimate of drug-likeness (QED) is 0.488. The minimum atomic E-state index is -4.34. The SMILES string of the molecule is Cc1nn(C)c2c1S(=O)(=O)NC(=O)c1ccc(-n3ccc(OCC4(C(F)(F)F)CC4)n3)nc1N1C[C@@]2(C)CC1(C)C. The number of pyridine rings is 1. The molecule has 3 aliphatic rings. The zero-order chi connectivity index (χ0) is 29.8. The number of carbonyl (C=O) groups is 1. The van der Waals surface area contributed by atoms with E-state index < -0.39 is 45.1 Å². The molecule has 6 rings (SSSR count). The van der Waals surface area contributed by atoms with Crippen LogP contribution in [0.4, 0.5) is 19.0 Å². The van der Waals surface area contributed by atoms with E-state index in [2.05, 4.69) is 14.9 Å². The third kappa shape index (κ3) is 4.27. The van der Waals surface area contributed by atoms with Crippen molar-refractivity contribution in [3.05, 3.63) is 41.3 Å². The molecule has 11 nitrogen and oxygen atoms in total. The number of ether oxygens (including phenoxy) is 1. The molecule has 2 fully saturated rings. The van der Waals surface area contributed by atoms with Gasteiger partial charge >= 0.3 is 6.18 Å². The maximum absolute atomic E-state index is 13.5. The van der Waals surface area contributed by atoms with Crippen molar-refractivity contribution in [1.29, 1.82) is 0 Å². The standard InChI is InChI=1S/C26H30F3N7O4S/c1-15-19-20(34(5)31-15)24(4)12-23(2,3)35(13-24)21-16(22(37)33-41(19,38)39)6-7-17(30-21)36-11-8-18(32-36)40-14-25(9-10-25)26(27,28)29/h6-8,11H,9-10,12-14H2,1-5H3,(H,33,37)/t24-/m1/s1. The number of nitrogens with zero attached hydrogens (tertiary/aromatic N) is 6. The normalized spacial score (nSPS) is 23.9. The second-order valence-corrected chi connectivity index (χ2v) is 13.8. The average Bonchev–Trinajstić information content (AvgIpc) is 3.28. The van der Waals surface area contributed by atoms with Crippen molar-refractivity contribution in [3.63, 3.8) is 0 Å². The van der Waals surface area contributed by atoms with Crippen LogP contribution < -0.4 is 14.4 Å². The van der Waals surface area contributed by atoms with Crippen LogP contribution in [0.1, 0.15) is 61.8 Å². The number of sulfonamides is 1. The molecule has 2 bridgehead atoms. The number of anilines is 1. The second-order valence-electron chi connectivity index (χ2n) is 12.2. The van der Waals surface area contributed by atoms with E-state index in [1.165, 1.54) is 29.1 Å². The predicted molar refractivity (Wildman–Crippen MR) is 141 cm³/mol. The lowest BCUT2D eigenvalue weighted by Gasteiger charge is -2.34. The summed E-state index contributed by atoms with van der Waals surface area (Å²) >= 11 is 0. The second kappa shape index (κ2) is 8.46. The Bertz CT molecular complexity index is 1690. The molecule has 1 amide bonds. The first-order valence-corrected chi connectivity index (χ1v) is 14.6. The number of hydrogen-bond acceptors (Lipinski definition) is 8. The number of aryl methyl sites for hydroxylation is 2. The van der Waals surface area contributed by atoms with Crippen molar-refractivity contribution in [3.8, 4) is 11.7 Å². The van der Waals surface area contributed by atoms with Crippen LogP contribution in [0, 0.1) is 12.3 Å². The highest BCUT2D eigenvalue weighted by atomic mass is 32.2. The molecule has 1 N–H and O–H groups in total. The van der Waals surface area contributed by atoms with Gasteiger partial charge in [-0.3, -0.25) is 9.48 Å². The van der Waals surface area contributed by atoms with Gasteiger partial charge in [0.15, 0.2) is 5.82 Å². The summed E-state index contributed by atoms with van der Waals surface area (Å²) in [5.74, 6) is -0.284. The van der Waals surface area contributed by atoms with Gasteiger partial charge < -0.3 is 9.64 Å². The number of aromatic nitrogens is 5. The van der Waals surface area contributed by atoms with Gasteiger partial charge in [0.25, 0.3) is 15.9 Å². The van der Waals surface area contributed by atoms with Gasteiger partial charge in [-0.2, -0.15) is 18.3 Å². The summed E-state index contributed by atoms with van der Waals surface area (Å²) in [7, 11) is -2.58. The molecule has 1 atom stereocenters. The Morgan fingerprint density at radius 3 is 2.49 bits per heavy atom. The van der Waals surface area contributed by atoms with Crippen LogP contribution in [0.15, 0.2) is 29.3 Å². The number of halogens is 3. The van der Waals surface area contributed by atoms with Crippen molar-refractivity contribution in [2.75, 3.05) is 18.1 Å². The Morgan fingerprint density at radius 1 is 1.12 bits per heavy atom. The molecule has 1 saturated carbocycles. The highest BCUT2D eigenvalue weighted by Gasteiger charge is 2.64. The number of rotatable bonds is 4. The molecule has 1 aliphatic carbocycles. The number of amides is 1. The molecule has 41 heavy (non-hydrogen) atoms. The molecular weight excluding hydrogens is 563 g/mol. The number of fused-ring (bicyclic) bond motifs is 6. The minimum Gasteiger partial charge on any atom is -0.476 e. The molecule has 0 unspecified atom stereocenters. The largest absolute Gasteiger partial charge is 0.476 e. The van der Waals surface area contributed by atoms with Crippen molar-refractivity contribution in [2.45, 2.75) is 69.0 Å². The fourth-order valence-electron chi connectivity index (χ4n) is 6.38. The summed E-state index contributed by atoms with van der Waals surface area (Å²) in [5, 5.41) is 8.64. The highest BCUT2D eigenvalue weighted by Crippen LogP contribution is 2.57. The maximum Gasteiger partial charge on any atom is 0.397 e. The van der Waals surface area contributed by atoms with Gasteiger partial charge in [-0.15, -0.1) is 5.10 Å². The molecule has 3 aromatic heterocycles. The molecule has 0 spiro atoms. The molecule has 5 heterocycles. The minimum absolute atomic E-state index is 0.00380. The Labute approximate surface area is 234 Å². The predicted octanol–water partition coefficient (Wildman–Crippen LogP) is 3.41. The smallest absolute Gasteiger partial charge is 0.397 e. The van der Waals surface area contributed by atoms with Gasteiger partial charge in [-0.25, -0.2) is 22.8 Å². The molecule has 220 valence electrons. The molecule has 2 aliphatic heterocycles. The molecule has 0 aromatic carbocycles. The van der Waals surface area contributed by atoms with Crippen LogP contribution >= 0.6 is 0 Å². The fraction of sp³-hybridized carbons (Fsp3) is 0.538. The monoisotopic (exact) mass is 593 g/mol. The zero-order valence-corrected chi connectivity index (χ0v) is 24.0. The Hall–Kier alpha value is -3.62. The molecule has 3 aromatic rings. The number of nitrogens with one attached hydrogen (secondary N) is 1. The van der Waals surface area contributed by atoms with E-state index in [9.17, 15) is 26.4 Å². The summed E-state index contributed by atoms with van der Waals surface area (Å²) in [6.45, 7) is 7.41.